The van der Waals surface area contributed by atoms with Crippen molar-refractivity contribution in [1.82, 2.24) is 29.7 Å². The van der Waals surface area contributed by atoms with E-state index < -0.39 is 0 Å². The molecule has 0 saturated heterocycles. The van der Waals surface area contributed by atoms with Gasteiger partial charge in [-0.3, -0.25) is 0 Å². The Balaban J connectivity index is 1.51. The summed E-state index contributed by atoms with van der Waals surface area (Å²) in [6, 6.07) is 8.30. The van der Waals surface area contributed by atoms with E-state index in [4.69, 9.17) is 0 Å². The Morgan fingerprint density at radius 2 is 1.86 bits per heavy atom. The Kier molecular flexibility index (Phi) is 5.67. The van der Waals surface area contributed by atoms with Crippen LogP contribution in [0.2, 0.25) is 0 Å². The van der Waals surface area contributed by atoms with E-state index >= 15 is 0 Å². The summed E-state index contributed by atoms with van der Waals surface area (Å²) in [6.07, 6.45) is 8.84. The minimum atomic E-state index is 0.729. The number of benzene rings is 1. The van der Waals surface area contributed by atoms with Crippen LogP contribution in [0.1, 0.15) is 23.7 Å². The van der Waals surface area contributed by atoms with Gasteiger partial charge in [-0.15, -0.1) is 11.3 Å². The fourth-order valence-corrected chi connectivity index (χ4v) is 3.46. The van der Waals surface area contributed by atoms with Crippen molar-refractivity contribution in [2.75, 3.05) is 11.4 Å². The van der Waals surface area contributed by atoms with E-state index in [0.717, 1.165) is 48.8 Å². The largest absolute Gasteiger partial charge is 0.336 e. The summed E-state index contributed by atoms with van der Waals surface area (Å²) in [5.74, 6) is 0.743. The van der Waals surface area contributed by atoms with Crippen LogP contribution < -0.4 is 4.90 Å². The summed E-state index contributed by atoms with van der Waals surface area (Å²) < 4.78 is 1.75. The normalized spacial score (nSPS) is 10.9. The van der Waals surface area contributed by atoms with Crippen LogP contribution in [-0.4, -0.2) is 36.3 Å². The zero-order valence-corrected chi connectivity index (χ0v) is 16.5. The molecule has 0 fully saturated rings. The highest BCUT2D eigenvalue weighted by Crippen LogP contribution is 2.16. The average Bonchev–Trinajstić information content (AvgIpc) is 3.46. The molecule has 0 spiro atoms. The summed E-state index contributed by atoms with van der Waals surface area (Å²) in [7, 11) is 0. The van der Waals surface area contributed by atoms with Gasteiger partial charge >= 0.3 is 0 Å². The summed E-state index contributed by atoms with van der Waals surface area (Å²) in [4.78, 5) is 19.7. The van der Waals surface area contributed by atoms with Gasteiger partial charge < -0.3 is 4.90 Å². The van der Waals surface area contributed by atoms with Crippen molar-refractivity contribution >= 4 is 17.3 Å². The number of anilines is 1. The van der Waals surface area contributed by atoms with E-state index in [1.165, 1.54) is 11.9 Å². The second-order valence-electron chi connectivity index (χ2n) is 6.40. The standard InChI is InChI=1S/C20H21N7S/c1-2-16-9-22-20(23-10-16)26(8-7-18-12-28-15-24-18)11-17-3-5-19(6-4-17)27-14-21-13-25-27/h3-6,9-10,12-15H,2,7-8,11H2,1H3. The zero-order valence-electron chi connectivity index (χ0n) is 15.6. The molecule has 28 heavy (non-hydrogen) atoms. The molecule has 7 nitrogen and oxygen atoms in total. The number of rotatable bonds is 8. The maximum atomic E-state index is 4.58. The second-order valence-corrected chi connectivity index (χ2v) is 7.12. The van der Waals surface area contributed by atoms with Crippen LogP contribution in [0.4, 0.5) is 5.95 Å². The molecule has 0 aliphatic carbocycles. The van der Waals surface area contributed by atoms with Crippen LogP contribution in [0, 0.1) is 0 Å². The summed E-state index contributed by atoms with van der Waals surface area (Å²) >= 11 is 1.62. The third-order valence-electron chi connectivity index (χ3n) is 4.50. The third-order valence-corrected chi connectivity index (χ3v) is 5.13. The Morgan fingerprint density at radius 1 is 1.04 bits per heavy atom. The molecule has 142 valence electrons. The predicted octanol–water partition coefficient (Wildman–Crippen LogP) is 3.33. The fraction of sp³-hybridized carbons (Fsp3) is 0.250. The first-order chi connectivity index (χ1) is 13.8. The molecule has 0 N–H and O–H groups in total. The molecule has 0 aliphatic heterocycles. The van der Waals surface area contributed by atoms with Crippen molar-refractivity contribution in [3.8, 4) is 5.69 Å². The van der Waals surface area contributed by atoms with E-state index in [1.54, 1.807) is 22.3 Å². The van der Waals surface area contributed by atoms with Crippen molar-refractivity contribution in [2.45, 2.75) is 26.3 Å². The first-order valence-electron chi connectivity index (χ1n) is 9.18. The Labute approximate surface area is 167 Å². The lowest BCUT2D eigenvalue weighted by Crippen LogP contribution is -2.27. The number of hydrogen-bond donors (Lipinski definition) is 0. The van der Waals surface area contributed by atoms with Gasteiger partial charge in [-0.05, 0) is 29.7 Å². The van der Waals surface area contributed by atoms with Gasteiger partial charge in [0.1, 0.15) is 12.7 Å². The van der Waals surface area contributed by atoms with Crippen LogP contribution in [0.25, 0.3) is 5.69 Å². The molecule has 3 heterocycles. The molecule has 0 unspecified atom stereocenters. The quantitative estimate of drug-likeness (QED) is 0.459. The topological polar surface area (TPSA) is 72.6 Å². The van der Waals surface area contributed by atoms with Crippen LogP contribution in [0.15, 0.2) is 60.2 Å². The molecule has 8 heteroatoms. The molecule has 4 aromatic rings. The van der Waals surface area contributed by atoms with E-state index in [2.05, 4.69) is 54.4 Å². The molecule has 0 atom stereocenters. The van der Waals surface area contributed by atoms with Crippen molar-refractivity contribution in [3.05, 3.63) is 77.0 Å². The Morgan fingerprint density at radius 3 is 2.50 bits per heavy atom. The predicted molar refractivity (Wildman–Crippen MR) is 110 cm³/mol. The monoisotopic (exact) mass is 391 g/mol. The number of nitrogens with zero attached hydrogens (tertiary/aromatic N) is 7. The van der Waals surface area contributed by atoms with E-state index in [-0.39, 0.29) is 0 Å². The average molecular weight is 392 g/mol. The Hall–Kier alpha value is -3.13. The molecule has 4 rings (SSSR count). The van der Waals surface area contributed by atoms with Gasteiger partial charge in [-0.2, -0.15) is 5.10 Å². The number of aryl methyl sites for hydroxylation is 1. The maximum absolute atomic E-state index is 4.58. The first kappa shape index (κ1) is 18.2. The number of hydrogen-bond acceptors (Lipinski definition) is 7. The Bertz CT molecular complexity index is 965. The fourth-order valence-electron chi connectivity index (χ4n) is 2.87. The van der Waals surface area contributed by atoms with Gasteiger partial charge in [-0.1, -0.05) is 19.1 Å². The molecule has 0 radical (unpaired) electrons. The van der Waals surface area contributed by atoms with Crippen LogP contribution in [-0.2, 0) is 19.4 Å². The van der Waals surface area contributed by atoms with Gasteiger partial charge in [0.25, 0.3) is 0 Å². The molecule has 0 saturated carbocycles. The minimum Gasteiger partial charge on any atom is -0.336 e. The van der Waals surface area contributed by atoms with Gasteiger partial charge in [0.05, 0.1) is 16.9 Å². The maximum Gasteiger partial charge on any atom is 0.225 e. The summed E-state index contributed by atoms with van der Waals surface area (Å²) in [5.41, 5.74) is 6.28. The van der Waals surface area contributed by atoms with Gasteiger partial charge in [0, 0.05) is 37.3 Å². The highest BCUT2D eigenvalue weighted by Gasteiger charge is 2.12. The van der Waals surface area contributed by atoms with E-state index in [0.29, 0.717) is 0 Å². The lowest BCUT2D eigenvalue weighted by atomic mass is 10.2. The van der Waals surface area contributed by atoms with Crippen LogP contribution >= 0.6 is 11.3 Å². The van der Waals surface area contributed by atoms with E-state index in [1.807, 2.05) is 30.0 Å². The second kappa shape index (κ2) is 8.71. The first-order valence-corrected chi connectivity index (χ1v) is 10.1. The SMILES string of the molecule is CCc1cnc(N(CCc2cscn2)Cc2ccc(-n3cncn3)cc2)nc1. The highest BCUT2D eigenvalue weighted by atomic mass is 32.1. The molecular formula is C20H21N7S. The lowest BCUT2D eigenvalue weighted by Gasteiger charge is -2.22. The lowest BCUT2D eigenvalue weighted by molar-refractivity contribution is 0.742. The van der Waals surface area contributed by atoms with Crippen molar-refractivity contribution in [1.29, 1.82) is 0 Å². The molecule has 0 aliphatic rings. The zero-order chi connectivity index (χ0) is 19.2. The summed E-state index contributed by atoms with van der Waals surface area (Å²) in [6.45, 7) is 3.64. The smallest absolute Gasteiger partial charge is 0.225 e. The molecule has 1 aromatic carbocycles. The van der Waals surface area contributed by atoms with Crippen LogP contribution in [0.3, 0.4) is 0 Å². The molecular weight excluding hydrogens is 370 g/mol. The minimum absolute atomic E-state index is 0.729. The van der Waals surface area contributed by atoms with Crippen molar-refractivity contribution in [3.63, 3.8) is 0 Å². The third kappa shape index (κ3) is 4.40. The number of aromatic nitrogens is 6. The van der Waals surface area contributed by atoms with E-state index in [9.17, 15) is 0 Å². The van der Waals surface area contributed by atoms with Gasteiger partial charge in [-0.25, -0.2) is 24.6 Å². The van der Waals surface area contributed by atoms with Crippen molar-refractivity contribution in [2.24, 2.45) is 0 Å². The van der Waals surface area contributed by atoms with Crippen molar-refractivity contribution < 1.29 is 0 Å². The van der Waals surface area contributed by atoms with Crippen LogP contribution in [0.5, 0.6) is 0 Å². The molecule has 0 amide bonds. The van der Waals surface area contributed by atoms with Gasteiger partial charge in [0.2, 0.25) is 5.95 Å². The summed E-state index contributed by atoms with van der Waals surface area (Å²) in [5, 5.41) is 6.26. The molecule has 3 aromatic heterocycles. The van der Waals surface area contributed by atoms with Gasteiger partial charge in [0.15, 0.2) is 0 Å². The highest BCUT2D eigenvalue weighted by molar-refractivity contribution is 7.07. The number of thiazole rings is 1. The molecule has 0 bridgehead atoms.